The zero-order valence-electron chi connectivity index (χ0n) is 16.3. The standard InChI is InChI=1S/C22H26N2O4S/c25-22(23-15-18-8-5-13-28-18)20-9-3-4-10-21(20)24-29(26,27)19-12-11-16-6-1-2-7-17(16)14-19/h3-4,9-12,14,18,24H,1-2,5-8,13,15H2,(H,23,25). The minimum atomic E-state index is -3.79. The number of para-hydroxylation sites is 1. The molecule has 2 aliphatic rings. The molecule has 154 valence electrons. The van der Waals surface area contributed by atoms with Gasteiger partial charge in [0.15, 0.2) is 0 Å². The molecule has 0 bridgehead atoms. The van der Waals surface area contributed by atoms with Crippen molar-refractivity contribution in [2.24, 2.45) is 0 Å². The number of carbonyl (C=O) groups is 1. The second-order valence-electron chi connectivity index (χ2n) is 7.63. The summed E-state index contributed by atoms with van der Waals surface area (Å²) in [6.45, 7) is 1.14. The number of ether oxygens (including phenoxy) is 1. The van der Waals surface area contributed by atoms with E-state index in [1.807, 2.05) is 6.07 Å². The van der Waals surface area contributed by atoms with Gasteiger partial charge in [0.25, 0.3) is 15.9 Å². The van der Waals surface area contributed by atoms with Crippen molar-refractivity contribution in [3.63, 3.8) is 0 Å². The Bertz CT molecular complexity index is 998. The van der Waals surface area contributed by atoms with E-state index < -0.39 is 10.0 Å². The SMILES string of the molecule is O=C(NCC1CCCO1)c1ccccc1NS(=O)(=O)c1ccc2c(c1)CCCC2. The Morgan fingerprint density at radius 3 is 2.62 bits per heavy atom. The minimum Gasteiger partial charge on any atom is -0.376 e. The van der Waals surface area contributed by atoms with Crippen molar-refractivity contribution in [2.45, 2.75) is 49.5 Å². The lowest BCUT2D eigenvalue weighted by Gasteiger charge is -2.18. The fourth-order valence-corrected chi connectivity index (χ4v) is 5.09. The summed E-state index contributed by atoms with van der Waals surface area (Å²) in [7, 11) is -3.79. The van der Waals surface area contributed by atoms with Crippen LogP contribution in [0.1, 0.15) is 47.2 Å². The molecule has 6 nitrogen and oxygen atoms in total. The van der Waals surface area contributed by atoms with Gasteiger partial charge in [-0.15, -0.1) is 0 Å². The molecule has 2 aromatic rings. The second-order valence-corrected chi connectivity index (χ2v) is 9.32. The van der Waals surface area contributed by atoms with Crippen LogP contribution in [0.4, 0.5) is 5.69 Å². The summed E-state index contributed by atoms with van der Waals surface area (Å²) in [5.74, 6) is -0.316. The molecule has 1 amide bonds. The highest BCUT2D eigenvalue weighted by atomic mass is 32.2. The number of rotatable bonds is 6. The number of hydrogen-bond acceptors (Lipinski definition) is 4. The van der Waals surface area contributed by atoms with Crippen molar-refractivity contribution in [3.8, 4) is 0 Å². The third-order valence-electron chi connectivity index (χ3n) is 5.56. The Hall–Kier alpha value is -2.38. The first kappa shape index (κ1) is 19.9. The lowest BCUT2D eigenvalue weighted by molar-refractivity contribution is 0.0858. The molecule has 1 saturated heterocycles. The van der Waals surface area contributed by atoms with Gasteiger partial charge in [0.2, 0.25) is 0 Å². The molecule has 1 fully saturated rings. The van der Waals surface area contributed by atoms with E-state index in [2.05, 4.69) is 10.0 Å². The number of fused-ring (bicyclic) bond motifs is 1. The molecule has 1 aliphatic carbocycles. The van der Waals surface area contributed by atoms with Crippen LogP contribution in [-0.4, -0.2) is 33.6 Å². The van der Waals surface area contributed by atoms with Gasteiger partial charge in [0.1, 0.15) is 0 Å². The molecule has 0 spiro atoms. The van der Waals surface area contributed by atoms with Gasteiger partial charge in [-0.05, 0) is 73.9 Å². The average Bonchev–Trinajstić information content (AvgIpc) is 3.25. The molecule has 7 heteroatoms. The van der Waals surface area contributed by atoms with Crippen molar-refractivity contribution in [3.05, 3.63) is 59.2 Å². The van der Waals surface area contributed by atoms with Gasteiger partial charge in [0.05, 0.1) is 22.3 Å². The molecular formula is C22H26N2O4S. The molecule has 0 saturated carbocycles. The van der Waals surface area contributed by atoms with E-state index in [9.17, 15) is 13.2 Å². The van der Waals surface area contributed by atoms with Crippen LogP contribution in [-0.2, 0) is 27.6 Å². The Morgan fingerprint density at radius 2 is 1.83 bits per heavy atom. The monoisotopic (exact) mass is 414 g/mol. The Labute approximate surface area is 171 Å². The first-order valence-electron chi connectivity index (χ1n) is 10.2. The van der Waals surface area contributed by atoms with Crippen molar-refractivity contribution in [1.82, 2.24) is 5.32 Å². The van der Waals surface area contributed by atoms with Crippen LogP contribution in [0.15, 0.2) is 47.4 Å². The van der Waals surface area contributed by atoms with Crippen LogP contribution in [0.25, 0.3) is 0 Å². The van der Waals surface area contributed by atoms with Crippen molar-refractivity contribution >= 4 is 21.6 Å². The Kier molecular flexibility index (Phi) is 5.87. The molecule has 0 aromatic heterocycles. The van der Waals surface area contributed by atoms with E-state index >= 15 is 0 Å². The summed E-state index contributed by atoms with van der Waals surface area (Å²) in [5.41, 5.74) is 2.90. The highest BCUT2D eigenvalue weighted by molar-refractivity contribution is 7.92. The van der Waals surface area contributed by atoms with Crippen molar-refractivity contribution < 1.29 is 17.9 Å². The molecule has 1 atom stereocenters. The molecule has 0 radical (unpaired) electrons. The summed E-state index contributed by atoms with van der Waals surface area (Å²) < 4.78 is 34.1. The quantitative estimate of drug-likeness (QED) is 0.760. The zero-order valence-corrected chi connectivity index (χ0v) is 17.1. The normalized spacial score (nSPS) is 18.8. The van der Waals surface area contributed by atoms with Gasteiger partial charge >= 0.3 is 0 Å². The molecule has 1 aliphatic heterocycles. The minimum absolute atomic E-state index is 0.0262. The number of carbonyl (C=O) groups excluding carboxylic acids is 1. The summed E-state index contributed by atoms with van der Waals surface area (Å²) in [6.07, 6.45) is 6.07. The van der Waals surface area contributed by atoms with Crippen LogP contribution in [0.3, 0.4) is 0 Å². The number of anilines is 1. The van der Waals surface area contributed by atoms with Crippen LogP contribution in [0, 0.1) is 0 Å². The van der Waals surface area contributed by atoms with Crippen molar-refractivity contribution in [1.29, 1.82) is 0 Å². The third kappa shape index (κ3) is 4.62. The summed E-state index contributed by atoms with van der Waals surface area (Å²) >= 11 is 0. The molecule has 29 heavy (non-hydrogen) atoms. The predicted molar refractivity (Wildman–Crippen MR) is 112 cm³/mol. The highest BCUT2D eigenvalue weighted by Gasteiger charge is 2.22. The Morgan fingerprint density at radius 1 is 1.03 bits per heavy atom. The molecule has 4 rings (SSSR count). The van der Waals surface area contributed by atoms with E-state index in [0.29, 0.717) is 12.1 Å². The second kappa shape index (κ2) is 8.55. The fraction of sp³-hybridized carbons (Fsp3) is 0.409. The number of hydrogen-bond donors (Lipinski definition) is 2. The lowest BCUT2D eigenvalue weighted by atomic mass is 9.92. The summed E-state index contributed by atoms with van der Waals surface area (Å²) in [6, 6.07) is 12.0. The maximum absolute atomic E-state index is 13.0. The maximum Gasteiger partial charge on any atom is 0.261 e. The van der Waals surface area contributed by atoms with E-state index in [1.54, 1.807) is 36.4 Å². The molecule has 2 aromatic carbocycles. The molecule has 1 heterocycles. The smallest absolute Gasteiger partial charge is 0.261 e. The number of nitrogens with one attached hydrogen (secondary N) is 2. The van der Waals surface area contributed by atoms with Gasteiger partial charge in [-0.3, -0.25) is 9.52 Å². The van der Waals surface area contributed by atoms with Crippen LogP contribution >= 0.6 is 0 Å². The zero-order chi connectivity index (χ0) is 20.3. The van der Waals surface area contributed by atoms with E-state index in [1.165, 1.54) is 5.56 Å². The summed E-state index contributed by atoms with van der Waals surface area (Å²) in [5, 5.41) is 2.85. The fourth-order valence-electron chi connectivity index (χ4n) is 3.96. The van der Waals surface area contributed by atoms with Crippen LogP contribution < -0.4 is 10.0 Å². The molecular weight excluding hydrogens is 388 g/mol. The largest absolute Gasteiger partial charge is 0.376 e. The molecule has 2 N–H and O–H groups in total. The van der Waals surface area contributed by atoms with Gasteiger partial charge in [-0.2, -0.15) is 0 Å². The van der Waals surface area contributed by atoms with E-state index in [4.69, 9.17) is 4.74 Å². The topological polar surface area (TPSA) is 84.5 Å². The third-order valence-corrected chi connectivity index (χ3v) is 6.92. The van der Waals surface area contributed by atoms with Crippen LogP contribution in [0.5, 0.6) is 0 Å². The Balaban J connectivity index is 1.52. The first-order valence-corrected chi connectivity index (χ1v) is 11.6. The number of amides is 1. The number of sulfonamides is 1. The number of benzene rings is 2. The van der Waals surface area contributed by atoms with Gasteiger partial charge in [0, 0.05) is 13.2 Å². The van der Waals surface area contributed by atoms with Gasteiger partial charge in [-0.25, -0.2) is 8.42 Å². The van der Waals surface area contributed by atoms with E-state index in [-0.39, 0.29) is 22.6 Å². The summed E-state index contributed by atoms with van der Waals surface area (Å²) in [4.78, 5) is 12.9. The van der Waals surface area contributed by atoms with E-state index in [0.717, 1.165) is 50.7 Å². The highest BCUT2D eigenvalue weighted by Crippen LogP contribution is 2.26. The lowest BCUT2D eigenvalue weighted by Crippen LogP contribution is -2.32. The predicted octanol–water partition coefficient (Wildman–Crippen LogP) is 3.28. The molecule has 1 unspecified atom stereocenters. The van der Waals surface area contributed by atoms with Crippen molar-refractivity contribution in [2.75, 3.05) is 17.9 Å². The average molecular weight is 415 g/mol. The first-order chi connectivity index (χ1) is 14.0. The van der Waals surface area contributed by atoms with Crippen LogP contribution in [0.2, 0.25) is 0 Å². The number of aryl methyl sites for hydroxylation is 2. The van der Waals surface area contributed by atoms with Gasteiger partial charge < -0.3 is 10.1 Å². The maximum atomic E-state index is 13.0. The van der Waals surface area contributed by atoms with Gasteiger partial charge in [-0.1, -0.05) is 18.2 Å².